The first kappa shape index (κ1) is 18.6. The Hall–Kier alpha value is -2.41. The molecule has 0 saturated carbocycles. The maximum Gasteiger partial charge on any atom is 0.253 e. The van der Waals surface area contributed by atoms with Crippen LogP contribution in [0.15, 0.2) is 24.5 Å². The number of nitrogens with zero attached hydrogens (tertiary/aromatic N) is 4. The Morgan fingerprint density at radius 2 is 2.10 bits per heavy atom. The zero-order valence-corrected chi connectivity index (χ0v) is 17.2. The minimum absolute atomic E-state index is 0.0930. The van der Waals surface area contributed by atoms with Gasteiger partial charge in [0.2, 0.25) is 5.91 Å². The second-order valence-electron chi connectivity index (χ2n) is 9.19. The highest BCUT2D eigenvalue weighted by molar-refractivity contribution is 5.97. The Morgan fingerprint density at radius 3 is 2.93 bits per heavy atom. The molecule has 1 aromatic carbocycles. The van der Waals surface area contributed by atoms with E-state index < -0.39 is 0 Å². The first-order valence-corrected chi connectivity index (χ1v) is 10.7. The molecular formula is C22H29N5O2. The topological polar surface area (TPSA) is 72.5 Å². The number of imidazole rings is 1. The van der Waals surface area contributed by atoms with Gasteiger partial charge in [-0.25, -0.2) is 4.98 Å². The zero-order valence-electron chi connectivity index (χ0n) is 17.2. The molecule has 2 aromatic rings. The Labute approximate surface area is 171 Å². The van der Waals surface area contributed by atoms with Gasteiger partial charge in [0.25, 0.3) is 5.91 Å². The van der Waals surface area contributed by atoms with Crippen molar-refractivity contribution in [2.24, 2.45) is 11.8 Å². The Balaban J connectivity index is 1.43. The van der Waals surface area contributed by atoms with Crippen LogP contribution in [-0.2, 0) is 4.79 Å². The number of rotatable bonds is 3. The number of piperidine rings is 3. The smallest absolute Gasteiger partial charge is 0.253 e. The van der Waals surface area contributed by atoms with Gasteiger partial charge in [0.15, 0.2) is 0 Å². The predicted molar refractivity (Wildman–Crippen MR) is 110 cm³/mol. The number of amides is 2. The van der Waals surface area contributed by atoms with Crippen LogP contribution < -0.4 is 0 Å². The largest absolute Gasteiger partial charge is 0.345 e. The van der Waals surface area contributed by atoms with Crippen LogP contribution in [0.25, 0.3) is 11.0 Å². The first-order valence-electron chi connectivity index (χ1n) is 10.7. The standard InChI is InChI=1S/C22H29N5O2/c1-25(2)12-20-16-8-15(19-4-3-5-21(28)27(19)20)10-26(11-16)22(29)14-6-7-17-18(9-14)24-13-23-17/h6-7,9,13,15-16,19-20H,3-5,8,10-12H2,1-2H3,(H,23,24)/t15-,16+,19+,20+/m1/s1. The monoisotopic (exact) mass is 395 g/mol. The summed E-state index contributed by atoms with van der Waals surface area (Å²) in [6.45, 7) is 2.34. The van der Waals surface area contributed by atoms with Crippen LogP contribution in [0.1, 0.15) is 36.0 Å². The van der Waals surface area contributed by atoms with Crippen molar-refractivity contribution in [2.45, 2.75) is 37.8 Å². The summed E-state index contributed by atoms with van der Waals surface area (Å²) >= 11 is 0. The van der Waals surface area contributed by atoms with E-state index >= 15 is 0 Å². The number of aromatic amines is 1. The summed E-state index contributed by atoms with van der Waals surface area (Å²) in [5.74, 6) is 1.13. The van der Waals surface area contributed by atoms with Crippen molar-refractivity contribution in [3.05, 3.63) is 30.1 Å². The fourth-order valence-electron chi connectivity index (χ4n) is 5.80. The number of nitrogens with one attached hydrogen (secondary N) is 1. The minimum Gasteiger partial charge on any atom is -0.345 e. The maximum atomic E-state index is 13.4. The van der Waals surface area contributed by atoms with Crippen LogP contribution in [0, 0.1) is 11.8 Å². The number of carbonyl (C=O) groups excluding carboxylic acids is 2. The van der Waals surface area contributed by atoms with Crippen LogP contribution in [0.4, 0.5) is 0 Å². The lowest BCUT2D eigenvalue weighted by molar-refractivity contribution is -0.152. The molecule has 3 aliphatic heterocycles. The third kappa shape index (κ3) is 3.21. The third-order valence-electron chi connectivity index (χ3n) is 7.00. The van der Waals surface area contributed by atoms with E-state index in [1.807, 2.05) is 23.1 Å². The maximum absolute atomic E-state index is 13.4. The Morgan fingerprint density at radius 1 is 1.28 bits per heavy atom. The molecule has 7 heteroatoms. The zero-order chi connectivity index (χ0) is 20.1. The number of aromatic nitrogens is 2. The van der Waals surface area contributed by atoms with Crippen molar-refractivity contribution in [1.82, 2.24) is 24.7 Å². The fourth-order valence-corrected chi connectivity index (χ4v) is 5.80. The quantitative estimate of drug-likeness (QED) is 0.862. The molecular weight excluding hydrogens is 366 g/mol. The number of hydrogen-bond donors (Lipinski definition) is 1. The highest BCUT2D eigenvalue weighted by Gasteiger charge is 2.50. The second kappa shape index (κ2) is 7.13. The second-order valence-corrected chi connectivity index (χ2v) is 9.19. The lowest BCUT2D eigenvalue weighted by atomic mass is 9.72. The van der Waals surface area contributed by atoms with E-state index in [2.05, 4.69) is 33.9 Å². The molecule has 3 saturated heterocycles. The third-order valence-corrected chi connectivity index (χ3v) is 7.00. The van der Waals surface area contributed by atoms with Gasteiger partial charge in [-0.1, -0.05) is 0 Å². The molecule has 7 nitrogen and oxygen atoms in total. The van der Waals surface area contributed by atoms with E-state index in [4.69, 9.17) is 0 Å². The van der Waals surface area contributed by atoms with Crippen LogP contribution in [-0.4, -0.2) is 82.3 Å². The summed E-state index contributed by atoms with van der Waals surface area (Å²) in [7, 11) is 4.14. The van der Waals surface area contributed by atoms with Crippen molar-refractivity contribution in [3.8, 4) is 0 Å². The number of likely N-dealkylation sites (N-methyl/N-ethyl adjacent to an activating group) is 1. The van der Waals surface area contributed by atoms with Crippen LogP contribution >= 0.6 is 0 Å². The molecule has 1 N–H and O–H groups in total. The molecule has 3 fully saturated rings. The summed E-state index contributed by atoms with van der Waals surface area (Å²) in [5, 5.41) is 0. The average Bonchev–Trinajstić information content (AvgIpc) is 3.18. The first-order chi connectivity index (χ1) is 14.0. The number of fused-ring (bicyclic) bond motifs is 5. The van der Waals surface area contributed by atoms with Crippen LogP contribution in [0.3, 0.4) is 0 Å². The molecule has 29 heavy (non-hydrogen) atoms. The molecule has 1 aromatic heterocycles. The minimum atomic E-state index is 0.0930. The molecule has 4 atom stereocenters. The van der Waals surface area contributed by atoms with Gasteiger partial charge in [-0.15, -0.1) is 0 Å². The molecule has 0 radical (unpaired) electrons. The van der Waals surface area contributed by atoms with Crippen molar-refractivity contribution in [3.63, 3.8) is 0 Å². The molecule has 4 heterocycles. The Kier molecular flexibility index (Phi) is 4.57. The highest BCUT2D eigenvalue weighted by atomic mass is 16.2. The fraction of sp³-hybridized carbons (Fsp3) is 0.591. The number of benzene rings is 1. The Bertz CT molecular complexity index is 938. The molecule has 0 spiro atoms. The van der Waals surface area contributed by atoms with Gasteiger partial charge in [0, 0.05) is 43.7 Å². The van der Waals surface area contributed by atoms with Gasteiger partial charge in [-0.05, 0) is 63.4 Å². The summed E-state index contributed by atoms with van der Waals surface area (Å²) in [6, 6.07) is 6.17. The average molecular weight is 396 g/mol. The highest BCUT2D eigenvalue weighted by Crippen LogP contribution is 2.42. The van der Waals surface area contributed by atoms with E-state index in [-0.39, 0.29) is 18.0 Å². The van der Waals surface area contributed by atoms with Gasteiger partial charge in [0.05, 0.1) is 17.4 Å². The van der Waals surface area contributed by atoms with Crippen molar-refractivity contribution < 1.29 is 9.59 Å². The van der Waals surface area contributed by atoms with Gasteiger partial charge < -0.3 is 19.7 Å². The van der Waals surface area contributed by atoms with E-state index in [0.29, 0.717) is 29.7 Å². The van der Waals surface area contributed by atoms with Gasteiger partial charge in [0.1, 0.15) is 0 Å². The van der Waals surface area contributed by atoms with Crippen molar-refractivity contribution >= 4 is 22.8 Å². The summed E-state index contributed by atoms with van der Waals surface area (Å²) in [5.41, 5.74) is 2.48. The molecule has 5 rings (SSSR count). The molecule has 154 valence electrons. The predicted octanol–water partition coefficient (Wildman–Crippen LogP) is 1.97. The SMILES string of the molecule is CN(C)C[C@H]1[C@H]2C[C@H](CN(C(=O)c3ccc4nc[nH]c4c3)C2)[C@@H]2CCCC(=O)N21. The van der Waals surface area contributed by atoms with Gasteiger partial charge in [-0.3, -0.25) is 9.59 Å². The summed E-state index contributed by atoms with van der Waals surface area (Å²) in [4.78, 5) is 39.9. The molecule has 0 aliphatic carbocycles. The molecule has 3 aliphatic rings. The van der Waals surface area contributed by atoms with Crippen molar-refractivity contribution in [2.75, 3.05) is 33.7 Å². The van der Waals surface area contributed by atoms with Gasteiger partial charge in [-0.2, -0.15) is 0 Å². The number of likely N-dealkylation sites (tertiary alicyclic amines) is 1. The number of H-pyrrole nitrogens is 1. The molecule has 2 amide bonds. The normalized spacial score (nSPS) is 29.4. The number of carbonyl (C=O) groups is 2. The van der Waals surface area contributed by atoms with E-state index in [0.717, 1.165) is 49.9 Å². The van der Waals surface area contributed by atoms with E-state index in [1.54, 1.807) is 6.33 Å². The molecule has 0 unspecified atom stereocenters. The lowest BCUT2D eigenvalue weighted by Crippen LogP contribution is -2.67. The van der Waals surface area contributed by atoms with Crippen LogP contribution in [0.5, 0.6) is 0 Å². The summed E-state index contributed by atoms with van der Waals surface area (Å²) in [6.07, 6.45) is 5.49. The van der Waals surface area contributed by atoms with E-state index in [9.17, 15) is 9.59 Å². The number of hydrogen-bond acceptors (Lipinski definition) is 4. The van der Waals surface area contributed by atoms with E-state index in [1.165, 1.54) is 0 Å². The van der Waals surface area contributed by atoms with Crippen LogP contribution in [0.2, 0.25) is 0 Å². The van der Waals surface area contributed by atoms with Gasteiger partial charge >= 0.3 is 0 Å². The summed E-state index contributed by atoms with van der Waals surface area (Å²) < 4.78 is 0. The van der Waals surface area contributed by atoms with Crippen molar-refractivity contribution in [1.29, 1.82) is 0 Å². The lowest BCUT2D eigenvalue weighted by Gasteiger charge is -2.57. The molecule has 2 bridgehead atoms.